The zero-order valence-electron chi connectivity index (χ0n) is 15.2. The summed E-state index contributed by atoms with van der Waals surface area (Å²) in [6.07, 6.45) is -2.83. The fourth-order valence-corrected chi connectivity index (χ4v) is 2.21. The summed E-state index contributed by atoms with van der Waals surface area (Å²) in [5.41, 5.74) is -2.22. The molecule has 2 rings (SSSR count). The van der Waals surface area contributed by atoms with Gasteiger partial charge in [0.25, 0.3) is 0 Å². The van der Waals surface area contributed by atoms with Gasteiger partial charge in [-0.05, 0) is 38.0 Å². The van der Waals surface area contributed by atoms with Crippen molar-refractivity contribution in [2.24, 2.45) is 0 Å². The molecule has 148 valence electrons. The van der Waals surface area contributed by atoms with Crippen molar-refractivity contribution < 1.29 is 37.1 Å². The van der Waals surface area contributed by atoms with Crippen LogP contribution in [0.3, 0.4) is 0 Å². The van der Waals surface area contributed by atoms with Crippen LogP contribution in [0.4, 0.5) is 18.0 Å². The number of rotatable bonds is 2. The molecular weight excluding hydrogens is 369 g/mol. The molecule has 0 N–H and O–H groups in total. The fraction of sp³-hybridized carbons (Fsp3) is 0.471. The van der Waals surface area contributed by atoms with Crippen molar-refractivity contribution in [3.8, 4) is 0 Å². The average Bonchev–Trinajstić information content (AvgIpc) is 2.58. The predicted molar refractivity (Wildman–Crippen MR) is 87.4 cm³/mol. The van der Waals surface area contributed by atoms with E-state index in [0.29, 0.717) is 5.57 Å². The molecule has 0 saturated carbocycles. The van der Waals surface area contributed by atoms with Crippen LogP contribution < -0.4 is 0 Å². The highest BCUT2D eigenvalue weighted by Gasteiger charge is 2.37. The van der Waals surface area contributed by atoms with Crippen molar-refractivity contribution in [2.45, 2.75) is 32.5 Å². The maximum Gasteiger partial charge on any atom is 0.434 e. The Morgan fingerprint density at radius 1 is 1.26 bits per heavy atom. The highest BCUT2D eigenvalue weighted by atomic mass is 19.4. The van der Waals surface area contributed by atoms with Gasteiger partial charge in [0.1, 0.15) is 12.2 Å². The first-order valence-electron chi connectivity index (χ1n) is 7.91. The molecule has 0 fully saturated rings. The molecule has 0 spiro atoms. The molecule has 0 radical (unpaired) electrons. The maximum absolute atomic E-state index is 13.2. The number of esters is 1. The Hall–Kier alpha value is -2.62. The van der Waals surface area contributed by atoms with E-state index in [1.165, 1.54) is 6.08 Å². The monoisotopic (exact) mass is 388 g/mol. The van der Waals surface area contributed by atoms with E-state index in [9.17, 15) is 22.8 Å². The van der Waals surface area contributed by atoms with Crippen LogP contribution in [0.1, 0.15) is 42.4 Å². The van der Waals surface area contributed by atoms with Crippen LogP contribution in [-0.4, -0.2) is 48.0 Å². The van der Waals surface area contributed by atoms with Gasteiger partial charge in [-0.3, -0.25) is 4.84 Å². The Morgan fingerprint density at radius 3 is 2.41 bits per heavy atom. The van der Waals surface area contributed by atoms with Crippen LogP contribution in [-0.2, 0) is 20.5 Å². The van der Waals surface area contributed by atoms with Gasteiger partial charge in [-0.25, -0.2) is 14.6 Å². The third-order valence-electron chi connectivity index (χ3n) is 3.42. The average molecular weight is 388 g/mol. The number of hydrogen-bond donors (Lipinski definition) is 0. The standard InChI is InChI=1S/C17H19F3N2O5/c1-16(2,3)27-15(24)22-6-5-10(9-26-22)11-7-12(17(18,19)20)13(21-8-11)14(23)25-4/h5,7-8H,6,9H2,1-4H3. The second-order valence-electron chi connectivity index (χ2n) is 6.65. The Balaban J connectivity index is 2.25. The zero-order chi connectivity index (χ0) is 20.4. The maximum atomic E-state index is 13.2. The number of methoxy groups -OCH3 is 1. The van der Waals surface area contributed by atoms with Gasteiger partial charge in [0.15, 0.2) is 5.69 Å². The van der Waals surface area contributed by atoms with E-state index in [-0.39, 0.29) is 18.7 Å². The number of alkyl halides is 3. The highest BCUT2D eigenvalue weighted by molar-refractivity contribution is 5.89. The third kappa shape index (κ3) is 5.19. The minimum Gasteiger partial charge on any atom is -0.464 e. The SMILES string of the molecule is COC(=O)c1ncc(C2=CCN(C(=O)OC(C)(C)C)OC2)cc1C(F)(F)F. The van der Waals surface area contributed by atoms with Crippen molar-refractivity contribution in [3.05, 3.63) is 35.2 Å². The summed E-state index contributed by atoms with van der Waals surface area (Å²) in [5, 5.41) is 0.968. The molecule has 7 nitrogen and oxygen atoms in total. The van der Waals surface area contributed by atoms with Crippen molar-refractivity contribution in [1.82, 2.24) is 10.0 Å². The first-order valence-corrected chi connectivity index (χ1v) is 7.91. The van der Waals surface area contributed by atoms with Gasteiger partial charge in [0.2, 0.25) is 0 Å². The highest BCUT2D eigenvalue weighted by Crippen LogP contribution is 2.33. The van der Waals surface area contributed by atoms with Gasteiger partial charge in [-0.2, -0.15) is 18.2 Å². The molecule has 1 aliphatic rings. The molecule has 10 heteroatoms. The number of pyridine rings is 1. The summed E-state index contributed by atoms with van der Waals surface area (Å²) in [5.74, 6) is -1.18. The van der Waals surface area contributed by atoms with E-state index < -0.39 is 35.1 Å². The van der Waals surface area contributed by atoms with Crippen molar-refractivity contribution in [1.29, 1.82) is 0 Å². The van der Waals surface area contributed by atoms with Crippen LogP contribution in [0.5, 0.6) is 0 Å². The molecule has 0 atom stereocenters. The van der Waals surface area contributed by atoms with E-state index in [1.54, 1.807) is 20.8 Å². The fourth-order valence-electron chi connectivity index (χ4n) is 2.21. The number of hydrogen-bond acceptors (Lipinski definition) is 6. The first-order chi connectivity index (χ1) is 12.4. The number of aromatic nitrogens is 1. The molecule has 27 heavy (non-hydrogen) atoms. The zero-order valence-corrected chi connectivity index (χ0v) is 15.2. The largest absolute Gasteiger partial charge is 0.464 e. The minimum atomic E-state index is -4.79. The number of halogens is 3. The Kier molecular flexibility index (Phi) is 5.79. The summed E-state index contributed by atoms with van der Waals surface area (Å²) in [6, 6.07) is 0.803. The number of ether oxygens (including phenoxy) is 2. The molecule has 0 unspecified atom stereocenters. The number of carbonyl (C=O) groups is 2. The van der Waals surface area contributed by atoms with Crippen LogP contribution >= 0.6 is 0 Å². The molecule has 1 aromatic rings. The predicted octanol–water partition coefficient (Wildman–Crippen LogP) is 3.45. The molecule has 0 aliphatic carbocycles. The summed E-state index contributed by atoms with van der Waals surface area (Å²) >= 11 is 0. The third-order valence-corrected chi connectivity index (χ3v) is 3.42. The van der Waals surface area contributed by atoms with E-state index in [2.05, 4.69) is 9.72 Å². The van der Waals surface area contributed by atoms with E-state index in [0.717, 1.165) is 24.4 Å². The van der Waals surface area contributed by atoms with Crippen molar-refractivity contribution in [3.63, 3.8) is 0 Å². The summed E-state index contributed by atoms with van der Waals surface area (Å²) in [7, 11) is 0.973. The minimum absolute atomic E-state index is 0.00957. The lowest BCUT2D eigenvalue weighted by molar-refractivity contribution is -0.138. The molecule has 2 heterocycles. The lowest BCUT2D eigenvalue weighted by Crippen LogP contribution is -2.39. The second kappa shape index (κ2) is 7.55. The van der Waals surface area contributed by atoms with Gasteiger partial charge >= 0.3 is 18.2 Å². The Morgan fingerprint density at radius 2 is 1.93 bits per heavy atom. The number of amides is 1. The number of carbonyl (C=O) groups excluding carboxylic acids is 2. The van der Waals surface area contributed by atoms with Gasteiger partial charge in [-0.1, -0.05) is 6.08 Å². The second-order valence-corrected chi connectivity index (χ2v) is 6.65. The molecule has 0 bridgehead atoms. The molecule has 0 saturated heterocycles. The Labute approximate surface area is 153 Å². The van der Waals surface area contributed by atoms with E-state index in [4.69, 9.17) is 9.57 Å². The van der Waals surface area contributed by atoms with Crippen molar-refractivity contribution in [2.75, 3.05) is 20.3 Å². The topological polar surface area (TPSA) is 78.0 Å². The Bertz CT molecular complexity index is 769. The number of nitrogens with zero attached hydrogens (tertiary/aromatic N) is 2. The van der Waals surface area contributed by atoms with Crippen LogP contribution in [0, 0.1) is 0 Å². The lowest BCUT2D eigenvalue weighted by Gasteiger charge is -2.29. The first kappa shape index (κ1) is 20.7. The molecule has 0 aromatic carbocycles. The lowest BCUT2D eigenvalue weighted by atomic mass is 10.0. The smallest absolute Gasteiger partial charge is 0.434 e. The quantitative estimate of drug-likeness (QED) is 0.722. The van der Waals surface area contributed by atoms with Gasteiger partial charge in [-0.15, -0.1) is 0 Å². The van der Waals surface area contributed by atoms with Gasteiger partial charge < -0.3 is 9.47 Å². The van der Waals surface area contributed by atoms with E-state index >= 15 is 0 Å². The van der Waals surface area contributed by atoms with Gasteiger partial charge in [0.05, 0.1) is 19.2 Å². The van der Waals surface area contributed by atoms with Gasteiger partial charge in [0, 0.05) is 6.20 Å². The van der Waals surface area contributed by atoms with Crippen molar-refractivity contribution >= 4 is 17.6 Å². The van der Waals surface area contributed by atoms with Crippen LogP contribution in [0.15, 0.2) is 18.3 Å². The van der Waals surface area contributed by atoms with Crippen LogP contribution in [0.2, 0.25) is 0 Å². The molecule has 1 aromatic heterocycles. The summed E-state index contributed by atoms with van der Waals surface area (Å²) in [6.45, 7) is 4.93. The van der Waals surface area contributed by atoms with Crippen LogP contribution in [0.25, 0.3) is 5.57 Å². The molecule has 1 amide bonds. The molecule has 1 aliphatic heterocycles. The normalized spacial score (nSPS) is 15.2. The summed E-state index contributed by atoms with van der Waals surface area (Å²) in [4.78, 5) is 32.3. The summed E-state index contributed by atoms with van der Waals surface area (Å²) < 4.78 is 49.2. The number of hydroxylamine groups is 2. The molecular formula is C17H19F3N2O5. The van der Waals surface area contributed by atoms with E-state index in [1.807, 2.05) is 0 Å².